The highest BCUT2D eigenvalue weighted by atomic mass is 16.5. The van der Waals surface area contributed by atoms with Gasteiger partial charge in [0.05, 0.1) is 19.6 Å². The number of carboxylic acid groups (broad SMARTS) is 1. The summed E-state index contributed by atoms with van der Waals surface area (Å²) in [4.78, 5) is 19.2. The first-order valence-electron chi connectivity index (χ1n) is 11.2. The molecule has 0 saturated heterocycles. The second-order valence-electron chi connectivity index (χ2n) is 8.09. The molecule has 2 N–H and O–H groups in total. The number of benzene rings is 2. The number of H-pyrrole nitrogens is 1. The number of rotatable bonds is 8. The maximum Gasteiger partial charge on any atom is 0.304 e. The fourth-order valence-corrected chi connectivity index (χ4v) is 4.56. The number of hydrogen-bond acceptors (Lipinski definition) is 6. The molecular formula is C25H25N3O5. The van der Waals surface area contributed by atoms with Crippen LogP contribution in [0.1, 0.15) is 43.9 Å². The van der Waals surface area contributed by atoms with E-state index in [0.717, 1.165) is 40.6 Å². The van der Waals surface area contributed by atoms with Gasteiger partial charge < -0.3 is 24.1 Å². The van der Waals surface area contributed by atoms with Crippen LogP contribution >= 0.6 is 0 Å². The van der Waals surface area contributed by atoms with Gasteiger partial charge in [0.15, 0.2) is 0 Å². The number of aliphatic carboxylic acids is 1. The van der Waals surface area contributed by atoms with E-state index in [-0.39, 0.29) is 12.3 Å². The Kier molecular flexibility index (Phi) is 5.50. The Morgan fingerprint density at radius 2 is 1.88 bits per heavy atom. The number of hydrogen-bond donors (Lipinski definition) is 2. The van der Waals surface area contributed by atoms with Crippen molar-refractivity contribution in [2.45, 2.75) is 39.0 Å². The van der Waals surface area contributed by atoms with E-state index < -0.39 is 5.97 Å². The van der Waals surface area contributed by atoms with Gasteiger partial charge >= 0.3 is 5.97 Å². The number of aromatic nitrogens is 3. The maximum atomic E-state index is 11.2. The number of fused-ring (bicyclic) bond motifs is 3. The van der Waals surface area contributed by atoms with Crippen LogP contribution in [0.4, 0.5) is 0 Å². The van der Waals surface area contributed by atoms with Crippen LogP contribution in [0, 0.1) is 0 Å². The number of carboxylic acids is 1. The first kappa shape index (κ1) is 21.1. The van der Waals surface area contributed by atoms with Crippen LogP contribution in [0.5, 0.6) is 11.5 Å². The topological polar surface area (TPSA) is 110 Å². The zero-order valence-electron chi connectivity index (χ0n) is 18.6. The molecule has 0 fully saturated rings. The monoisotopic (exact) mass is 447 g/mol. The van der Waals surface area contributed by atoms with E-state index in [1.165, 1.54) is 5.56 Å². The summed E-state index contributed by atoms with van der Waals surface area (Å²) in [5.41, 5.74) is 4.78. The third-order valence-corrected chi connectivity index (χ3v) is 5.94. The van der Waals surface area contributed by atoms with Gasteiger partial charge in [-0.15, -0.1) is 0 Å². The van der Waals surface area contributed by atoms with E-state index in [9.17, 15) is 9.90 Å². The lowest BCUT2D eigenvalue weighted by molar-refractivity contribution is -0.137. The lowest BCUT2D eigenvalue weighted by Crippen LogP contribution is -2.03. The van der Waals surface area contributed by atoms with Crippen LogP contribution in [-0.2, 0) is 11.2 Å². The molecule has 8 heteroatoms. The fourth-order valence-electron chi connectivity index (χ4n) is 4.56. The van der Waals surface area contributed by atoms with Crippen molar-refractivity contribution in [2.24, 2.45) is 0 Å². The summed E-state index contributed by atoms with van der Waals surface area (Å²) in [5.74, 6) is 1.49. The minimum absolute atomic E-state index is 0.0299. The largest absolute Gasteiger partial charge is 0.494 e. The summed E-state index contributed by atoms with van der Waals surface area (Å²) in [5, 5.41) is 14.5. The Morgan fingerprint density at radius 3 is 2.58 bits per heavy atom. The Morgan fingerprint density at radius 1 is 1.12 bits per heavy atom. The van der Waals surface area contributed by atoms with E-state index in [1.807, 2.05) is 50.2 Å². The molecule has 8 nitrogen and oxygen atoms in total. The van der Waals surface area contributed by atoms with Crippen molar-refractivity contribution in [1.82, 2.24) is 15.1 Å². The highest BCUT2D eigenvalue weighted by Gasteiger charge is 2.28. The average Bonchev–Trinajstić information content (AvgIpc) is 3.50. The predicted molar refractivity (Wildman–Crippen MR) is 123 cm³/mol. The van der Waals surface area contributed by atoms with E-state index in [1.54, 1.807) is 0 Å². The molecule has 0 aliphatic heterocycles. The smallest absolute Gasteiger partial charge is 0.304 e. The number of carbonyl (C=O) groups is 1. The second kappa shape index (κ2) is 8.61. The molecule has 2 aromatic carbocycles. The van der Waals surface area contributed by atoms with Crippen LogP contribution in [0.15, 0.2) is 40.9 Å². The SMILES string of the molecule is CCOc1cc(OCC)cc(-c2nc(-c3ccc4[nH]c5c(c4c3)CCC5CC(=O)O)no2)c1. The van der Waals surface area contributed by atoms with Crippen LogP contribution in [-0.4, -0.2) is 39.4 Å². The third-order valence-electron chi connectivity index (χ3n) is 5.94. The van der Waals surface area contributed by atoms with Crippen molar-refractivity contribution in [2.75, 3.05) is 13.2 Å². The standard InChI is InChI=1S/C25H25N3O5/c1-3-31-17-9-16(10-18(13-17)32-4-2)25-27-24(28-33-25)15-6-8-21-20(11-15)19-7-5-14(12-22(29)30)23(19)26-21/h6,8-11,13-14,26H,3-5,7,12H2,1-2H3,(H,29,30). The number of aromatic amines is 1. The summed E-state index contributed by atoms with van der Waals surface area (Å²) in [6, 6.07) is 11.5. The summed E-state index contributed by atoms with van der Waals surface area (Å²) in [6.45, 7) is 4.93. The lowest BCUT2D eigenvalue weighted by atomic mass is 10.0. The Balaban J connectivity index is 1.48. The normalized spacial score (nSPS) is 15.0. The molecule has 1 aliphatic rings. The molecule has 0 radical (unpaired) electrons. The van der Waals surface area contributed by atoms with Gasteiger partial charge in [0.2, 0.25) is 5.82 Å². The predicted octanol–water partition coefficient (Wildman–Crippen LogP) is 5.19. The minimum atomic E-state index is -0.771. The Hall–Kier alpha value is -3.81. The van der Waals surface area contributed by atoms with Gasteiger partial charge in [0.1, 0.15) is 11.5 Å². The molecule has 5 rings (SSSR count). The Bertz CT molecular complexity index is 1300. The van der Waals surface area contributed by atoms with Crippen molar-refractivity contribution >= 4 is 16.9 Å². The third kappa shape index (κ3) is 4.04. The molecule has 2 heterocycles. The minimum Gasteiger partial charge on any atom is -0.494 e. The molecule has 0 bridgehead atoms. The maximum absolute atomic E-state index is 11.2. The molecule has 33 heavy (non-hydrogen) atoms. The van der Waals surface area contributed by atoms with Crippen molar-refractivity contribution in [3.8, 4) is 34.3 Å². The number of aryl methyl sites for hydroxylation is 1. The molecule has 1 atom stereocenters. The first-order valence-corrected chi connectivity index (χ1v) is 11.2. The molecule has 1 unspecified atom stereocenters. The first-order chi connectivity index (χ1) is 16.1. The summed E-state index contributed by atoms with van der Waals surface area (Å²) >= 11 is 0. The van der Waals surface area contributed by atoms with Crippen molar-refractivity contribution in [1.29, 1.82) is 0 Å². The zero-order chi connectivity index (χ0) is 22.9. The zero-order valence-corrected chi connectivity index (χ0v) is 18.6. The van der Waals surface area contributed by atoms with E-state index in [4.69, 9.17) is 14.0 Å². The van der Waals surface area contributed by atoms with Gasteiger partial charge in [-0.3, -0.25) is 4.79 Å². The quantitative estimate of drug-likeness (QED) is 0.382. The summed E-state index contributed by atoms with van der Waals surface area (Å²) < 4.78 is 16.9. The van der Waals surface area contributed by atoms with Gasteiger partial charge in [0.25, 0.3) is 5.89 Å². The van der Waals surface area contributed by atoms with E-state index >= 15 is 0 Å². The lowest BCUT2D eigenvalue weighted by Gasteiger charge is -2.08. The van der Waals surface area contributed by atoms with Gasteiger partial charge in [-0.25, -0.2) is 0 Å². The van der Waals surface area contributed by atoms with E-state index in [0.29, 0.717) is 36.4 Å². The van der Waals surface area contributed by atoms with Crippen molar-refractivity contribution < 1.29 is 23.9 Å². The molecule has 1 aliphatic carbocycles. The van der Waals surface area contributed by atoms with Gasteiger partial charge in [-0.1, -0.05) is 5.16 Å². The van der Waals surface area contributed by atoms with Crippen molar-refractivity contribution in [3.63, 3.8) is 0 Å². The van der Waals surface area contributed by atoms with Crippen molar-refractivity contribution in [3.05, 3.63) is 47.7 Å². The van der Waals surface area contributed by atoms with E-state index in [2.05, 4.69) is 15.1 Å². The Labute approximate surface area is 190 Å². The van der Waals surface area contributed by atoms with Crippen LogP contribution in [0.25, 0.3) is 33.7 Å². The van der Waals surface area contributed by atoms with Crippen LogP contribution in [0.2, 0.25) is 0 Å². The fraction of sp³-hybridized carbons (Fsp3) is 0.320. The van der Waals surface area contributed by atoms with Gasteiger partial charge in [-0.2, -0.15) is 4.98 Å². The number of ether oxygens (including phenoxy) is 2. The molecule has 2 aromatic heterocycles. The average molecular weight is 447 g/mol. The van der Waals surface area contributed by atoms with Gasteiger partial charge in [-0.05, 0) is 62.6 Å². The highest BCUT2D eigenvalue weighted by molar-refractivity contribution is 5.89. The number of nitrogens with zero attached hydrogens (tertiary/aromatic N) is 2. The summed E-state index contributed by atoms with van der Waals surface area (Å²) in [7, 11) is 0. The number of nitrogens with one attached hydrogen (secondary N) is 1. The van der Waals surface area contributed by atoms with Crippen LogP contribution < -0.4 is 9.47 Å². The molecular weight excluding hydrogens is 422 g/mol. The highest BCUT2D eigenvalue weighted by Crippen LogP contribution is 2.40. The van der Waals surface area contributed by atoms with Gasteiger partial charge in [0, 0.05) is 39.7 Å². The van der Waals surface area contributed by atoms with Crippen LogP contribution in [0.3, 0.4) is 0 Å². The molecule has 170 valence electrons. The molecule has 0 amide bonds. The second-order valence-corrected chi connectivity index (χ2v) is 8.09. The molecule has 0 saturated carbocycles. The molecule has 4 aromatic rings. The summed E-state index contributed by atoms with van der Waals surface area (Å²) in [6.07, 6.45) is 1.85. The molecule has 0 spiro atoms.